The van der Waals surface area contributed by atoms with Gasteiger partial charge in [-0.3, -0.25) is 0 Å². The van der Waals surface area contributed by atoms with Gasteiger partial charge in [-0.05, 0) is 39.2 Å². The van der Waals surface area contributed by atoms with Gasteiger partial charge in [0.05, 0.1) is 6.10 Å². The van der Waals surface area contributed by atoms with Crippen molar-refractivity contribution in [3.8, 4) is 0 Å². The van der Waals surface area contributed by atoms with Gasteiger partial charge in [0.25, 0.3) is 0 Å². The molecular weight excluding hydrogens is 166 g/mol. The first-order chi connectivity index (χ1) is 6.34. The summed E-state index contributed by atoms with van der Waals surface area (Å²) >= 11 is 0. The molecule has 78 valence electrons. The second kappa shape index (κ2) is 6.35. The smallest absolute Gasteiger partial charge is 0.0693 e. The van der Waals surface area contributed by atoms with Crippen LogP contribution in [-0.2, 0) is 4.74 Å². The molecular formula is C10H21NO2. The number of hydrogen-bond donors (Lipinski definition) is 2. The summed E-state index contributed by atoms with van der Waals surface area (Å²) in [6.45, 7) is 4.59. The Morgan fingerprint density at radius 3 is 2.92 bits per heavy atom. The predicted octanol–water partition coefficient (Wildman–Crippen LogP) is 0.916. The van der Waals surface area contributed by atoms with Crippen molar-refractivity contribution in [3.05, 3.63) is 0 Å². The summed E-state index contributed by atoms with van der Waals surface area (Å²) in [7, 11) is 0. The molecule has 3 heteroatoms. The summed E-state index contributed by atoms with van der Waals surface area (Å²) < 4.78 is 5.22. The van der Waals surface area contributed by atoms with Gasteiger partial charge in [0.15, 0.2) is 0 Å². The fraction of sp³-hybridized carbons (Fsp3) is 1.00. The van der Waals surface area contributed by atoms with Crippen LogP contribution in [0.15, 0.2) is 0 Å². The van der Waals surface area contributed by atoms with Crippen LogP contribution in [0, 0.1) is 0 Å². The lowest BCUT2D eigenvalue weighted by Crippen LogP contribution is -2.36. The normalized spacial score (nSPS) is 28.2. The molecule has 0 bridgehead atoms. The molecule has 1 fully saturated rings. The van der Waals surface area contributed by atoms with Crippen molar-refractivity contribution in [1.82, 2.24) is 5.32 Å². The Labute approximate surface area is 80.5 Å². The number of nitrogens with one attached hydrogen (secondary N) is 1. The van der Waals surface area contributed by atoms with Crippen LogP contribution in [0.3, 0.4) is 0 Å². The second-order valence-electron chi connectivity index (χ2n) is 3.61. The maximum absolute atomic E-state index is 9.50. The van der Waals surface area contributed by atoms with E-state index in [9.17, 15) is 5.11 Å². The summed E-state index contributed by atoms with van der Waals surface area (Å²) in [6.07, 6.45) is 4.16. The molecule has 0 aliphatic heterocycles. The molecule has 1 rings (SSSR count). The Morgan fingerprint density at radius 2 is 2.31 bits per heavy atom. The zero-order valence-corrected chi connectivity index (χ0v) is 8.46. The van der Waals surface area contributed by atoms with E-state index in [-0.39, 0.29) is 6.10 Å². The van der Waals surface area contributed by atoms with E-state index in [0.717, 1.165) is 45.4 Å². The lowest BCUT2D eigenvalue weighted by Gasteiger charge is -2.15. The third-order valence-electron chi connectivity index (χ3n) is 2.56. The third kappa shape index (κ3) is 4.07. The molecule has 0 aromatic heterocycles. The van der Waals surface area contributed by atoms with Crippen LogP contribution < -0.4 is 5.32 Å². The van der Waals surface area contributed by atoms with Crippen LogP contribution in [0.4, 0.5) is 0 Å². The van der Waals surface area contributed by atoms with Crippen molar-refractivity contribution in [2.24, 2.45) is 0 Å². The highest BCUT2D eigenvalue weighted by Gasteiger charge is 2.23. The maximum atomic E-state index is 9.50. The van der Waals surface area contributed by atoms with Crippen LogP contribution in [0.25, 0.3) is 0 Å². The first kappa shape index (κ1) is 11.0. The minimum Gasteiger partial charge on any atom is -0.392 e. The summed E-state index contributed by atoms with van der Waals surface area (Å²) in [5, 5.41) is 12.9. The average molecular weight is 187 g/mol. The number of aliphatic hydroxyl groups excluding tert-OH is 1. The van der Waals surface area contributed by atoms with E-state index in [2.05, 4.69) is 5.32 Å². The first-order valence-corrected chi connectivity index (χ1v) is 5.33. The van der Waals surface area contributed by atoms with Gasteiger partial charge in [-0.2, -0.15) is 0 Å². The highest BCUT2D eigenvalue weighted by atomic mass is 16.5. The Bertz CT molecular complexity index is 130. The molecule has 1 aliphatic carbocycles. The van der Waals surface area contributed by atoms with Crippen LogP contribution >= 0.6 is 0 Å². The Balaban J connectivity index is 1.93. The number of aliphatic hydroxyl groups is 1. The van der Waals surface area contributed by atoms with Crippen molar-refractivity contribution < 1.29 is 9.84 Å². The van der Waals surface area contributed by atoms with E-state index in [1.165, 1.54) is 0 Å². The largest absolute Gasteiger partial charge is 0.392 e. The molecule has 2 atom stereocenters. The summed E-state index contributed by atoms with van der Waals surface area (Å²) in [4.78, 5) is 0. The predicted molar refractivity (Wildman–Crippen MR) is 52.8 cm³/mol. The van der Waals surface area contributed by atoms with Crippen molar-refractivity contribution in [3.63, 3.8) is 0 Å². The molecule has 3 nitrogen and oxygen atoms in total. The minimum atomic E-state index is -0.118. The van der Waals surface area contributed by atoms with Gasteiger partial charge in [-0.15, -0.1) is 0 Å². The third-order valence-corrected chi connectivity index (χ3v) is 2.56. The molecule has 2 N–H and O–H groups in total. The zero-order valence-electron chi connectivity index (χ0n) is 8.46. The molecule has 2 unspecified atom stereocenters. The van der Waals surface area contributed by atoms with Crippen LogP contribution in [0.1, 0.15) is 32.6 Å². The van der Waals surface area contributed by atoms with Gasteiger partial charge in [0.1, 0.15) is 0 Å². The minimum absolute atomic E-state index is 0.118. The van der Waals surface area contributed by atoms with Crippen molar-refractivity contribution in [2.45, 2.75) is 44.8 Å². The molecule has 0 amide bonds. The van der Waals surface area contributed by atoms with Crippen molar-refractivity contribution in [1.29, 1.82) is 0 Å². The highest BCUT2D eigenvalue weighted by Crippen LogP contribution is 2.18. The van der Waals surface area contributed by atoms with E-state index in [1.807, 2.05) is 6.92 Å². The van der Waals surface area contributed by atoms with Gasteiger partial charge >= 0.3 is 0 Å². The van der Waals surface area contributed by atoms with Crippen molar-refractivity contribution in [2.75, 3.05) is 19.8 Å². The summed E-state index contributed by atoms with van der Waals surface area (Å²) in [5.41, 5.74) is 0. The average Bonchev–Trinajstić information content (AvgIpc) is 2.52. The van der Waals surface area contributed by atoms with Crippen LogP contribution in [0.5, 0.6) is 0 Å². The molecule has 1 saturated carbocycles. The van der Waals surface area contributed by atoms with Crippen LogP contribution in [0.2, 0.25) is 0 Å². The lowest BCUT2D eigenvalue weighted by atomic mass is 10.2. The summed E-state index contributed by atoms with van der Waals surface area (Å²) in [6, 6.07) is 0.335. The SMILES string of the molecule is CCOCCCNC1CCCC1O. The molecule has 1 aliphatic rings. The number of rotatable bonds is 6. The Morgan fingerprint density at radius 1 is 1.46 bits per heavy atom. The second-order valence-corrected chi connectivity index (χ2v) is 3.61. The molecule has 0 heterocycles. The van der Waals surface area contributed by atoms with Crippen LogP contribution in [-0.4, -0.2) is 37.0 Å². The van der Waals surface area contributed by atoms with E-state index >= 15 is 0 Å². The standard InChI is InChI=1S/C10H21NO2/c1-2-13-8-4-7-11-9-5-3-6-10(9)12/h9-12H,2-8H2,1H3. The maximum Gasteiger partial charge on any atom is 0.0693 e. The van der Waals surface area contributed by atoms with E-state index in [0.29, 0.717) is 6.04 Å². The summed E-state index contributed by atoms with van der Waals surface area (Å²) in [5.74, 6) is 0. The lowest BCUT2D eigenvalue weighted by molar-refractivity contribution is 0.132. The Kier molecular flexibility index (Phi) is 5.35. The van der Waals surface area contributed by atoms with E-state index in [4.69, 9.17) is 4.74 Å². The zero-order chi connectivity index (χ0) is 9.52. The van der Waals surface area contributed by atoms with Gasteiger partial charge in [-0.1, -0.05) is 0 Å². The molecule has 0 saturated heterocycles. The van der Waals surface area contributed by atoms with E-state index < -0.39 is 0 Å². The quantitative estimate of drug-likeness (QED) is 0.607. The van der Waals surface area contributed by atoms with Gasteiger partial charge in [0, 0.05) is 19.3 Å². The van der Waals surface area contributed by atoms with Gasteiger partial charge < -0.3 is 15.2 Å². The fourth-order valence-corrected chi connectivity index (χ4v) is 1.78. The molecule has 13 heavy (non-hydrogen) atoms. The molecule has 0 radical (unpaired) electrons. The fourth-order valence-electron chi connectivity index (χ4n) is 1.78. The van der Waals surface area contributed by atoms with Gasteiger partial charge in [-0.25, -0.2) is 0 Å². The topological polar surface area (TPSA) is 41.5 Å². The monoisotopic (exact) mass is 187 g/mol. The van der Waals surface area contributed by atoms with E-state index in [1.54, 1.807) is 0 Å². The van der Waals surface area contributed by atoms with Gasteiger partial charge in [0.2, 0.25) is 0 Å². The number of ether oxygens (including phenoxy) is 1. The molecule has 0 aromatic carbocycles. The number of hydrogen-bond acceptors (Lipinski definition) is 3. The molecule has 0 aromatic rings. The Hall–Kier alpha value is -0.120. The molecule has 0 spiro atoms. The first-order valence-electron chi connectivity index (χ1n) is 5.33. The van der Waals surface area contributed by atoms with Crippen molar-refractivity contribution >= 4 is 0 Å². The highest BCUT2D eigenvalue weighted by molar-refractivity contribution is 4.82.